The second kappa shape index (κ2) is 8.66. The van der Waals surface area contributed by atoms with Crippen molar-refractivity contribution < 1.29 is 4.79 Å². The quantitative estimate of drug-likeness (QED) is 0.627. The van der Waals surface area contributed by atoms with Crippen molar-refractivity contribution >= 4 is 45.8 Å². The number of halogens is 2. The Bertz CT molecular complexity index is 658. The molecule has 23 heavy (non-hydrogen) atoms. The topological polar surface area (TPSA) is 41.1 Å². The first-order valence-corrected chi connectivity index (χ1v) is 8.96. The zero-order valence-electron chi connectivity index (χ0n) is 13.1. The van der Waals surface area contributed by atoms with Crippen molar-refractivity contribution in [3.05, 3.63) is 62.7 Å². The normalized spacial score (nSPS) is 12.2. The van der Waals surface area contributed by atoms with E-state index in [-0.39, 0.29) is 18.5 Å². The Morgan fingerprint density at radius 3 is 2.39 bits per heavy atom. The molecule has 2 rings (SSSR count). The zero-order valence-corrected chi connectivity index (χ0v) is 16.1. The van der Waals surface area contributed by atoms with Gasteiger partial charge in [-0.05, 0) is 58.3 Å². The van der Waals surface area contributed by atoms with E-state index in [2.05, 4.69) is 47.1 Å². The molecule has 122 valence electrons. The molecule has 0 aliphatic heterocycles. The molecule has 0 saturated carbocycles. The Hall–Kier alpha value is -1.11. The van der Waals surface area contributed by atoms with Crippen molar-refractivity contribution in [3.8, 4) is 0 Å². The molecule has 1 amide bonds. The van der Waals surface area contributed by atoms with Crippen LogP contribution in [0.25, 0.3) is 0 Å². The number of hydrogen-bond donors (Lipinski definition) is 2. The molecular weight excluding hydrogens is 423 g/mol. The number of para-hydroxylation sites is 1. The zero-order chi connectivity index (χ0) is 16.8. The summed E-state index contributed by atoms with van der Waals surface area (Å²) in [6, 6.07) is 15.6. The fraction of sp³-hybridized carbons (Fsp3) is 0.278. The lowest BCUT2D eigenvalue weighted by Gasteiger charge is -2.23. The van der Waals surface area contributed by atoms with E-state index in [4.69, 9.17) is 11.6 Å². The number of carbonyl (C=O) groups is 1. The van der Waals surface area contributed by atoms with Crippen molar-refractivity contribution in [2.24, 2.45) is 5.92 Å². The van der Waals surface area contributed by atoms with Gasteiger partial charge in [0.2, 0.25) is 5.91 Å². The minimum absolute atomic E-state index is 0.0475. The lowest BCUT2D eigenvalue weighted by Crippen LogP contribution is -2.33. The number of amides is 1. The molecule has 1 atom stereocenters. The Morgan fingerprint density at radius 1 is 1.13 bits per heavy atom. The van der Waals surface area contributed by atoms with E-state index in [1.54, 1.807) is 0 Å². The molecule has 0 unspecified atom stereocenters. The lowest BCUT2D eigenvalue weighted by molar-refractivity contribution is -0.115. The number of benzene rings is 2. The van der Waals surface area contributed by atoms with Gasteiger partial charge in [0.05, 0.1) is 12.2 Å². The minimum Gasteiger partial charge on any atom is -0.324 e. The van der Waals surface area contributed by atoms with Gasteiger partial charge in [0.25, 0.3) is 0 Å². The van der Waals surface area contributed by atoms with Crippen molar-refractivity contribution in [2.75, 3.05) is 11.9 Å². The van der Waals surface area contributed by atoms with Crippen LogP contribution in [0.1, 0.15) is 25.5 Å². The molecule has 0 aliphatic carbocycles. The molecule has 0 radical (unpaired) electrons. The minimum atomic E-state index is -0.0475. The van der Waals surface area contributed by atoms with Crippen LogP contribution in [-0.4, -0.2) is 12.5 Å². The van der Waals surface area contributed by atoms with Crippen LogP contribution in [0.5, 0.6) is 0 Å². The fourth-order valence-electron chi connectivity index (χ4n) is 2.37. The summed E-state index contributed by atoms with van der Waals surface area (Å²) in [6.45, 7) is 4.52. The Kier molecular flexibility index (Phi) is 6.87. The molecule has 2 aromatic carbocycles. The highest BCUT2D eigenvalue weighted by molar-refractivity contribution is 14.1. The van der Waals surface area contributed by atoms with Gasteiger partial charge >= 0.3 is 0 Å². The largest absolute Gasteiger partial charge is 0.324 e. The summed E-state index contributed by atoms with van der Waals surface area (Å²) in [7, 11) is 0. The van der Waals surface area contributed by atoms with E-state index < -0.39 is 0 Å². The van der Waals surface area contributed by atoms with Crippen molar-refractivity contribution in [1.82, 2.24) is 5.32 Å². The van der Waals surface area contributed by atoms with Crippen molar-refractivity contribution in [2.45, 2.75) is 19.9 Å². The average Bonchev–Trinajstić information content (AvgIpc) is 2.51. The average molecular weight is 443 g/mol. The first-order valence-electron chi connectivity index (χ1n) is 7.50. The van der Waals surface area contributed by atoms with E-state index in [9.17, 15) is 4.79 Å². The van der Waals surface area contributed by atoms with Gasteiger partial charge in [-0.2, -0.15) is 0 Å². The Morgan fingerprint density at radius 2 is 1.78 bits per heavy atom. The van der Waals surface area contributed by atoms with Gasteiger partial charge in [0.1, 0.15) is 0 Å². The van der Waals surface area contributed by atoms with Gasteiger partial charge < -0.3 is 10.6 Å². The smallest absolute Gasteiger partial charge is 0.238 e. The third-order valence-corrected chi connectivity index (χ3v) is 4.72. The lowest BCUT2D eigenvalue weighted by atomic mass is 9.96. The van der Waals surface area contributed by atoms with Crippen molar-refractivity contribution in [1.29, 1.82) is 0 Å². The fourth-order valence-corrected chi connectivity index (χ4v) is 3.02. The summed E-state index contributed by atoms with van der Waals surface area (Å²) in [5.41, 5.74) is 1.97. The van der Waals surface area contributed by atoms with Gasteiger partial charge in [-0.15, -0.1) is 0 Å². The molecular formula is C18H20ClIN2O. The highest BCUT2D eigenvalue weighted by atomic mass is 127. The Labute approximate surface area is 156 Å². The first kappa shape index (κ1) is 18.2. The molecule has 0 spiro atoms. The third-order valence-electron chi connectivity index (χ3n) is 3.53. The van der Waals surface area contributed by atoms with Crippen LogP contribution >= 0.6 is 34.2 Å². The van der Waals surface area contributed by atoms with Gasteiger partial charge in [-0.3, -0.25) is 4.79 Å². The van der Waals surface area contributed by atoms with Crippen molar-refractivity contribution in [3.63, 3.8) is 0 Å². The molecule has 2 N–H and O–H groups in total. The summed E-state index contributed by atoms with van der Waals surface area (Å²) >= 11 is 8.15. The van der Waals surface area contributed by atoms with Crippen LogP contribution in [0.15, 0.2) is 48.5 Å². The maximum Gasteiger partial charge on any atom is 0.238 e. The van der Waals surface area contributed by atoms with E-state index >= 15 is 0 Å². The summed E-state index contributed by atoms with van der Waals surface area (Å²) < 4.78 is 1.02. The second-order valence-corrected chi connectivity index (χ2v) is 7.28. The summed E-state index contributed by atoms with van der Waals surface area (Å²) in [6.07, 6.45) is 0. The molecule has 0 aliphatic rings. The summed E-state index contributed by atoms with van der Waals surface area (Å²) in [5, 5.41) is 6.99. The van der Waals surface area contributed by atoms with Crippen LogP contribution in [-0.2, 0) is 4.79 Å². The van der Waals surface area contributed by atoms with E-state index in [1.807, 2.05) is 48.5 Å². The van der Waals surface area contributed by atoms with Gasteiger partial charge in [0.15, 0.2) is 0 Å². The molecule has 0 bridgehead atoms. The molecule has 0 heterocycles. The predicted octanol–water partition coefficient (Wildman–Crippen LogP) is 4.87. The molecule has 3 nitrogen and oxygen atoms in total. The number of anilines is 1. The number of carbonyl (C=O) groups excluding carboxylic acids is 1. The molecule has 2 aromatic rings. The first-order chi connectivity index (χ1) is 11.0. The van der Waals surface area contributed by atoms with Gasteiger partial charge in [0, 0.05) is 14.6 Å². The van der Waals surface area contributed by atoms with Crippen LogP contribution in [0, 0.1) is 9.49 Å². The van der Waals surface area contributed by atoms with Gasteiger partial charge in [-0.1, -0.05) is 49.7 Å². The number of hydrogen-bond acceptors (Lipinski definition) is 2. The third kappa shape index (κ3) is 5.48. The monoisotopic (exact) mass is 442 g/mol. The molecule has 0 saturated heterocycles. The highest BCUT2D eigenvalue weighted by Crippen LogP contribution is 2.23. The predicted molar refractivity (Wildman–Crippen MR) is 105 cm³/mol. The highest BCUT2D eigenvalue weighted by Gasteiger charge is 2.16. The molecule has 0 fully saturated rings. The van der Waals surface area contributed by atoms with Crippen LogP contribution in [0.3, 0.4) is 0 Å². The van der Waals surface area contributed by atoms with Gasteiger partial charge in [-0.25, -0.2) is 0 Å². The maximum absolute atomic E-state index is 12.2. The number of nitrogens with one attached hydrogen (secondary N) is 2. The maximum atomic E-state index is 12.2. The molecule has 5 heteroatoms. The summed E-state index contributed by atoms with van der Waals surface area (Å²) in [4.78, 5) is 12.2. The van der Waals surface area contributed by atoms with E-state index in [0.29, 0.717) is 10.9 Å². The number of rotatable bonds is 6. The van der Waals surface area contributed by atoms with Crippen LogP contribution < -0.4 is 10.6 Å². The molecule has 0 aromatic heterocycles. The second-order valence-electron chi connectivity index (χ2n) is 5.68. The summed E-state index contributed by atoms with van der Waals surface area (Å²) in [5.74, 6) is 0.314. The van der Waals surface area contributed by atoms with Crippen LogP contribution in [0.2, 0.25) is 5.02 Å². The van der Waals surface area contributed by atoms with Crippen LogP contribution in [0.4, 0.5) is 5.69 Å². The SMILES string of the molecule is CC(C)[C@@H](NCC(=O)Nc1ccccc1I)c1ccc(Cl)cc1. The Balaban J connectivity index is 1.97. The van der Waals surface area contributed by atoms with E-state index in [0.717, 1.165) is 14.8 Å². The van der Waals surface area contributed by atoms with E-state index in [1.165, 1.54) is 0 Å². The standard InChI is InChI=1S/C18H20ClIN2O/c1-12(2)18(13-7-9-14(19)10-8-13)21-11-17(23)22-16-6-4-3-5-15(16)20/h3-10,12,18,21H,11H2,1-2H3,(H,22,23)/t18-/m1/s1.